The maximum absolute atomic E-state index is 12.9. The topological polar surface area (TPSA) is 148 Å². The van der Waals surface area contributed by atoms with Gasteiger partial charge in [0.05, 0.1) is 25.7 Å². The molecular weight excluding hydrogens is 560 g/mol. The minimum atomic E-state index is -2.54. The highest BCUT2D eigenvalue weighted by molar-refractivity contribution is 6.41. The molecule has 0 aliphatic rings. The Morgan fingerprint density at radius 2 is 1.57 bits per heavy atom. The van der Waals surface area contributed by atoms with Gasteiger partial charge in [0.2, 0.25) is 17.5 Å². The number of allylic oxidation sites excluding steroid dienone is 2. The van der Waals surface area contributed by atoms with Gasteiger partial charge in [-0.15, -0.1) is 0 Å². The Balaban J connectivity index is 0. The first-order valence-corrected chi connectivity index (χ1v) is 16.1. The molecule has 0 aromatic heterocycles. The molecule has 1 amide bonds. The van der Waals surface area contributed by atoms with Crippen LogP contribution in [0.1, 0.15) is 106 Å². The normalized spacial score (nSPS) is 18.4. The van der Waals surface area contributed by atoms with Crippen LogP contribution in [0.5, 0.6) is 0 Å². The maximum atomic E-state index is 12.9. The average Bonchev–Trinajstić information content (AvgIpc) is 2.98. The van der Waals surface area contributed by atoms with E-state index in [0.29, 0.717) is 18.9 Å². The van der Waals surface area contributed by atoms with Crippen LogP contribution in [-0.2, 0) is 19.2 Å². The molecule has 5 N–H and O–H groups in total. The van der Waals surface area contributed by atoms with Crippen molar-refractivity contribution in [1.29, 1.82) is 0 Å². The van der Waals surface area contributed by atoms with E-state index in [4.69, 9.17) is 5.48 Å². The Kier molecular flexibility index (Phi) is 20.1. The number of rotatable bonds is 22. The molecule has 44 heavy (non-hydrogen) atoms. The summed E-state index contributed by atoms with van der Waals surface area (Å²) in [6.07, 6.45) is 2.73. The van der Waals surface area contributed by atoms with Crippen LogP contribution in [0.2, 0.25) is 0 Å². The Morgan fingerprint density at radius 3 is 2.00 bits per heavy atom. The predicted molar refractivity (Wildman–Crippen MR) is 179 cm³/mol. The molecule has 0 saturated heterocycles. The van der Waals surface area contributed by atoms with Gasteiger partial charge in [0, 0.05) is 10.5 Å². The lowest BCUT2D eigenvalue weighted by Gasteiger charge is -2.32. The molecule has 0 aromatic rings. The molecule has 7 atom stereocenters. The minimum Gasteiger partial charge on any atom is -0.391 e. The quantitative estimate of drug-likeness (QED) is 0.0691. The van der Waals surface area contributed by atoms with Crippen LogP contribution in [0.15, 0.2) is 12.1 Å². The van der Waals surface area contributed by atoms with Crippen LogP contribution in [-0.4, -0.2) is 102 Å². The Labute approximate surface area is 273 Å². The highest BCUT2D eigenvalue weighted by Crippen LogP contribution is 2.18. The fourth-order valence-corrected chi connectivity index (χ4v) is 4.71. The third-order valence-electron chi connectivity index (χ3n) is 7.41. The number of aliphatic hydroxyl groups excluding tert-OH is 2. The molecule has 258 valence electrons. The maximum Gasteiger partial charge on any atom is 0.237 e. The van der Waals surface area contributed by atoms with E-state index >= 15 is 0 Å². The number of nitrogens with zero attached hydrogens (tertiary/aromatic N) is 1. The molecule has 10 heteroatoms. The number of ketones is 3. The van der Waals surface area contributed by atoms with E-state index in [2.05, 4.69) is 29.8 Å². The fraction of sp³-hybridized carbons (Fsp3) is 0.824. The zero-order valence-corrected chi connectivity index (χ0v) is 29.2. The third kappa shape index (κ3) is 16.9. The molecule has 0 aliphatic carbocycles. The first-order valence-electron chi connectivity index (χ1n) is 18.1. The summed E-state index contributed by atoms with van der Waals surface area (Å²) in [4.78, 5) is 51.2. The van der Waals surface area contributed by atoms with Gasteiger partial charge in [-0.25, -0.2) is 0 Å². The van der Waals surface area contributed by atoms with Gasteiger partial charge in [-0.3, -0.25) is 24.1 Å². The van der Waals surface area contributed by atoms with Crippen LogP contribution in [0, 0.1) is 17.8 Å². The van der Waals surface area contributed by atoms with Crippen LogP contribution in [0.3, 0.4) is 0 Å². The number of amides is 1. The minimum absolute atomic E-state index is 0.0682. The average molecular weight is 631 g/mol. The molecule has 0 rings (SSSR count). The molecule has 0 bridgehead atoms. The van der Waals surface area contributed by atoms with E-state index in [-0.39, 0.29) is 36.1 Å². The van der Waals surface area contributed by atoms with Crippen LogP contribution in [0.25, 0.3) is 0 Å². The second-order valence-corrected chi connectivity index (χ2v) is 12.6. The van der Waals surface area contributed by atoms with Gasteiger partial charge >= 0.3 is 0 Å². The van der Waals surface area contributed by atoms with Crippen molar-refractivity contribution in [2.45, 2.75) is 137 Å². The molecule has 0 fully saturated rings. The molecule has 0 aliphatic heterocycles. The summed E-state index contributed by atoms with van der Waals surface area (Å²) in [5.74, 6) is -1.58. The number of likely N-dealkylation sites (N-methyl/N-ethyl adjacent to an activating group) is 2. The summed E-state index contributed by atoms with van der Waals surface area (Å²) in [5, 5.41) is 29.4. The number of aliphatic hydroxyl groups is 2. The van der Waals surface area contributed by atoms with E-state index < -0.39 is 54.7 Å². The van der Waals surface area contributed by atoms with Crippen molar-refractivity contribution in [2.75, 3.05) is 27.7 Å². The van der Waals surface area contributed by atoms with Crippen molar-refractivity contribution in [3.63, 3.8) is 0 Å². The van der Waals surface area contributed by atoms with Crippen molar-refractivity contribution in [3.8, 4) is 0 Å². The van der Waals surface area contributed by atoms with Crippen molar-refractivity contribution in [3.05, 3.63) is 12.1 Å². The number of carbonyl (C=O) groups is 4. The summed E-state index contributed by atoms with van der Waals surface area (Å²) in [6, 6.07) is -3.34. The first kappa shape index (κ1) is 36.5. The van der Waals surface area contributed by atoms with E-state index in [1.807, 2.05) is 27.7 Å². The number of nitrogens with one attached hydrogen (secondary N) is 3. The van der Waals surface area contributed by atoms with E-state index in [9.17, 15) is 29.4 Å². The highest BCUT2D eigenvalue weighted by Gasteiger charge is 2.39. The second kappa shape index (κ2) is 24.3. The summed E-state index contributed by atoms with van der Waals surface area (Å²) >= 11 is 0. The third-order valence-corrected chi connectivity index (χ3v) is 7.41. The molecule has 0 radical (unpaired) electrons. The predicted octanol–water partition coefficient (Wildman–Crippen LogP) is 3.29. The summed E-state index contributed by atoms with van der Waals surface area (Å²) in [5.41, 5.74) is 0. The zero-order chi connectivity index (χ0) is 37.9. The molecule has 10 nitrogen and oxygen atoms in total. The second-order valence-electron chi connectivity index (χ2n) is 12.6. The van der Waals surface area contributed by atoms with Crippen LogP contribution >= 0.6 is 0 Å². The fourth-order valence-electron chi connectivity index (χ4n) is 4.71. The van der Waals surface area contributed by atoms with E-state index in [1.54, 1.807) is 28.1 Å². The molecular formula is C34H66N4O6. The van der Waals surface area contributed by atoms with Gasteiger partial charge in [0.25, 0.3) is 0 Å². The SMILES string of the molecule is CCCC(=O)[C@@H](NC(=O)[C@H](CC(C)C)NC)C(C)C.[2H]/C(=C\C[C@@H](C)[C@@H](O)C(C(=O)C(=O)[C@@H](NCCCC)[C@@H](C)O)N(C)C)C([2H])([2H])[2H]. The van der Waals surface area contributed by atoms with Crippen LogP contribution < -0.4 is 16.0 Å². The van der Waals surface area contributed by atoms with Crippen molar-refractivity contribution >= 4 is 23.3 Å². The number of unbranched alkanes of at least 4 members (excludes halogenated alkanes) is 1. The smallest absolute Gasteiger partial charge is 0.237 e. The van der Waals surface area contributed by atoms with E-state index in [0.717, 1.165) is 25.7 Å². The Morgan fingerprint density at radius 1 is 0.955 bits per heavy atom. The van der Waals surface area contributed by atoms with Gasteiger partial charge < -0.3 is 26.2 Å². The molecule has 0 spiro atoms. The molecule has 0 heterocycles. The van der Waals surface area contributed by atoms with Gasteiger partial charge in [-0.05, 0) is 84.9 Å². The van der Waals surface area contributed by atoms with Crippen molar-refractivity contribution < 1.29 is 34.9 Å². The van der Waals surface area contributed by atoms with Crippen LogP contribution in [0.4, 0.5) is 0 Å². The highest BCUT2D eigenvalue weighted by atomic mass is 16.3. The standard InChI is InChI=1S/C19H36N2O4.C15H30N2O2/c1-7-9-11-13(3)17(23)16(21(5)6)19(25)18(24)15(14(4)22)20-12-10-8-2;1-7-8-13(18)14(11(4)5)17-15(19)12(16-6)9-10(2)3/h7,9,13-17,20,22-23H,8,10-12H2,1-6H3;10-12,14,16H,7-9H2,1-6H3,(H,17,19)/b9-7+;/t13-,14-,15+,16?,17-;12-,14-/m10/s1/i1D3,7D;. The number of hydrogen-bond donors (Lipinski definition) is 5. The zero-order valence-electron chi connectivity index (χ0n) is 33.2. The molecule has 1 unspecified atom stereocenters. The number of hydrogen-bond acceptors (Lipinski definition) is 9. The molecule has 0 saturated carbocycles. The lowest BCUT2D eigenvalue weighted by molar-refractivity contribution is -0.145. The summed E-state index contributed by atoms with van der Waals surface area (Å²) in [7, 11) is 4.90. The lowest BCUT2D eigenvalue weighted by Crippen LogP contribution is -2.56. The number of Topliss-reactive ketones (excluding diaryl/α,β-unsaturated/α-hetero) is 3. The first-order chi connectivity index (χ1) is 22.1. The lowest BCUT2D eigenvalue weighted by atomic mass is 9.88. The monoisotopic (exact) mass is 631 g/mol. The van der Waals surface area contributed by atoms with Gasteiger partial charge in [0.1, 0.15) is 12.1 Å². The van der Waals surface area contributed by atoms with Gasteiger partial charge in [0.15, 0.2) is 5.78 Å². The van der Waals surface area contributed by atoms with Gasteiger partial charge in [-0.2, -0.15) is 0 Å². The van der Waals surface area contributed by atoms with Crippen molar-refractivity contribution in [1.82, 2.24) is 20.9 Å². The largest absolute Gasteiger partial charge is 0.391 e. The van der Waals surface area contributed by atoms with E-state index in [1.165, 1.54) is 17.9 Å². The summed E-state index contributed by atoms with van der Waals surface area (Å²) < 4.78 is 29.1. The Bertz CT molecular complexity index is 1000. The summed E-state index contributed by atoms with van der Waals surface area (Å²) in [6.45, 7) is 13.0. The Hall–Kier alpha value is -1.98. The molecule has 0 aromatic carbocycles. The number of carbonyl (C=O) groups excluding carboxylic acids is 4. The van der Waals surface area contributed by atoms with Gasteiger partial charge in [-0.1, -0.05) is 67.0 Å². The van der Waals surface area contributed by atoms with Crippen molar-refractivity contribution in [2.24, 2.45) is 17.8 Å².